The van der Waals surface area contributed by atoms with Gasteiger partial charge < -0.3 is 10.6 Å². The van der Waals surface area contributed by atoms with Crippen LogP contribution < -0.4 is 10.6 Å². The number of hydrogen-bond donors (Lipinski definition) is 2. The van der Waals surface area contributed by atoms with Crippen LogP contribution in [0.1, 0.15) is 10.5 Å². The lowest BCUT2D eigenvalue weighted by atomic mass is 10.3. The highest BCUT2D eigenvalue weighted by Gasteiger charge is 2.12. The number of aromatic nitrogens is 3. The van der Waals surface area contributed by atoms with E-state index in [1.165, 1.54) is 11.3 Å². The number of rotatable bonds is 5. The Morgan fingerprint density at radius 1 is 1.22 bits per heavy atom. The van der Waals surface area contributed by atoms with Crippen molar-refractivity contribution in [2.45, 2.75) is 4.90 Å². The summed E-state index contributed by atoms with van der Waals surface area (Å²) in [4.78, 5) is 25.7. The van der Waals surface area contributed by atoms with Gasteiger partial charge in [-0.3, -0.25) is 4.79 Å². The zero-order valence-electron chi connectivity index (χ0n) is 12.2. The van der Waals surface area contributed by atoms with Crippen LogP contribution in [-0.2, 0) is 0 Å². The normalized spacial score (nSPS) is 10.3. The third-order valence-electron chi connectivity index (χ3n) is 2.85. The van der Waals surface area contributed by atoms with Crippen molar-refractivity contribution in [2.24, 2.45) is 0 Å². The van der Waals surface area contributed by atoms with E-state index in [0.717, 1.165) is 10.6 Å². The monoisotopic (exact) mass is 343 g/mol. The summed E-state index contributed by atoms with van der Waals surface area (Å²) < 4.78 is 0. The molecule has 8 heteroatoms. The second-order valence-corrected chi connectivity index (χ2v) is 6.16. The molecule has 116 valence electrons. The molecular weight excluding hydrogens is 330 g/mol. The van der Waals surface area contributed by atoms with E-state index in [1.54, 1.807) is 35.6 Å². The SMILES string of the molecule is CSc1cccc(NC(=O)c2csc(Nc3ncccn3)n2)c1. The third kappa shape index (κ3) is 4.05. The number of thioether (sulfide) groups is 1. The zero-order valence-corrected chi connectivity index (χ0v) is 13.8. The lowest BCUT2D eigenvalue weighted by molar-refractivity contribution is 0.102. The molecule has 1 aromatic carbocycles. The number of hydrogen-bond acceptors (Lipinski definition) is 7. The Morgan fingerprint density at radius 2 is 2.04 bits per heavy atom. The smallest absolute Gasteiger partial charge is 0.275 e. The van der Waals surface area contributed by atoms with Gasteiger partial charge >= 0.3 is 0 Å². The first-order chi connectivity index (χ1) is 11.2. The van der Waals surface area contributed by atoms with E-state index in [2.05, 4.69) is 25.6 Å². The van der Waals surface area contributed by atoms with Crippen molar-refractivity contribution in [3.63, 3.8) is 0 Å². The molecule has 0 atom stereocenters. The number of carbonyl (C=O) groups is 1. The topological polar surface area (TPSA) is 79.8 Å². The molecule has 0 aliphatic heterocycles. The van der Waals surface area contributed by atoms with Crippen LogP contribution in [0.5, 0.6) is 0 Å². The summed E-state index contributed by atoms with van der Waals surface area (Å²) in [5, 5.41) is 8.07. The van der Waals surface area contributed by atoms with E-state index in [0.29, 0.717) is 16.8 Å². The van der Waals surface area contributed by atoms with Gasteiger partial charge in [-0.2, -0.15) is 0 Å². The van der Waals surface area contributed by atoms with Crippen LogP contribution in [0.2, 0.25) is 0 Å². The molecule has 0 fully saturated rings. The fraction of sp³-hybridized carbons (Fsp3) is 0.0667. The lowest BCUT2D eigenvalue weighted by Crippen LogP contribution is -2.12. The van der Waals surface area contributed by atoms with Crippen LogP contribution in [-0.4, -0.2) is 27.1 Å². The van der Waals surface area contributed by atoms with E-state index < -0.39 is 0 Å². The van der Waals surface area contributed by atoms with Gasteiger partial charge in [0.05, 0.1) is 0 Å². The molecule has 2 N–H and O–H groups in total. The summed E-state index contributed by atoms with van der Waals surface area (Å²) in [6, 6.07) is 9.40. The average molecular weight is 343 g/mol. The van der Waals surface area contributed by atoms with Gasteiger partial charge in [0.2, 0.25) is 5.95 Å². The molecule has 2 aromatic heterocycles. The summed E-state index contributed by atoms with van der Waals surface area (Å²) in [5.41, 5.74) is 1.10. The Labute approximate surface area is 141 Å². The highest BCUT2D eigenvalue weighted by molar-refractivity contribution is 7.98. The van der Waals surface area contributed by atoms with Crippen LogP contribution >= 0.6 is 23.1 Å². The number of thiazole rings is 1. The van der Waals surface area contributed by atoms with Gasteiger partial charge in [0.1, 0.15) is 5.69 Å². The molecule has 0 bridgehead atoms. The van der Waals surface area contributed by atoms with Crippen molar-refractivity contribution >= 4 is 45.8 Å². The molecule has 0 saturated carbocycles. The average Bonchev–Trinajstić information content (AvgIpc) is 3.04. The number of anilines is 3. The van der Waals surface area contributed by atoms with Crippen LogP contribution in [0.25, 0.3) is 0 Å². The van der Waals surface area contributed by atoms with Crippen molar-refractivity contribution in [1.29, 1.82) is 0 Å². The van der Waals surface area contributed by atoms with Crippen molar-refractivity contribution in [3.05, 3.63) is 53.8 Å². The molecule has 0 aliphatic carbocycles. The summed E-state index contributed by atoms with van der Waals surface area (Å²) in [6.45, 7) is 0. The Balaban J connectivity index is 1.68. The van der Waals surface area contributed by atoms with Crippen LogP contribution in [0.3, 0.4) is 0 Å². The molecule has 23 heavy (non-hydrogen) atoms. The molecule has 0 radical (unpaired) electrons. The summed E-state index contributed by atoms with van der Waals surface area (Å²) in [6.07, 6.45) is 5.26. The van der Waals surface area contributed by atoms with E-state index in [1.807, 2.05) is 30.5 Å². The Kier molecular flexibility index (Phi) is 4.84. The predicted molar refractivity (Wildman–Crippen MR) is 93.6 cm³/mol. The van der Waals surface area contributed by atoms with Gasteiger partial charge in [-0.25, -0.2) is 15.0 Å². The van der Waals surface area contributed by atoms with Gasteiger partial charge in [0, 0.05) is 28.4 Å². The van der Waals surface area contributed by atoms with Gasteiger partial charge in [-0.1, -0.05) is 6.07 Å². The molecule has 0 aliphatic rings. The minimum Gasteiger partial charge on any atom is -0.321 e. The Morgan fingerprint density at radius 3 is 2.83 bits per heavy atom. The summed E-state index contributed by atoms with van der Waals surface area (Å²) in [5.74, 6) is 0.197. The van der Waals surface area contributed by atoms with Crippen LogP contribution in [0.4, 0.5) is 16.8 Å². The lowest BCUT2D eigenvalue weighted by Gasteiger charge is -2.04. The van der Waals surface area contributed by atoms with E-state index in [-0.39, 0.29) is 5.91 Å². The Hall–Kier alpha value is -2.45. The molecule has 0 spiro atoms. The van der Waals surface area contributed by atoms with E-state index in [4.69, 9.17) is 0 Å². The summed E-state index contributed by atoms with van der Waals surface area (Å²) >= 11 is 2.95. The van der Waals surface area contributed by atoms with Crippen LogP contribution in [0.15, 0.2) is 53.0 Å². The maximum absolute atomic E-state index is 12.2. The fourth-order valence-corrected chi connectivity index (χ4v) is 2.93. The zero-order chi connectivity index (χ0) is 16.1. The number of nitrogens with one attached hydrogen (secondary N) is 2. The second kappa shape index (κ2) is 7.21. The van der Waals surface area contributed by atoms with Crippen molar-refractivity contribution in [1.82, 2.24) is 15.0 Å². The number of benzene rings is 1. The quantitative estimate of drug-likeness (QED) is 0.688. The first-order valence-corrected chi connectivity index (χ1v) is 8.80. The number of nitrogens with zero attached hydrogens (tertiary/aromatic N) is 3. The highest BCUT2D eigenvalue weighted by Crippen LogP contribution is 2.21. The molecule has 6 nitrogen and oxygen atoms in total. The molecule has 2 heterocycles. The fourth-order valence-electron chi connectivity index (χ4n) is 1.79. The van der Waals surface area contributed by atoms with Crippen molar-refractivity contribution in [2.75, 3.05) is 16.9 Å². The third-order valence-corrected chi connectivity index (χ3v) is 4.33. The molecule has 0 unspecified atom stereocenters. The predicted octanol–water partition coefficient (Wildman–Crippen LogP) is 3.65. The van der Waals surface area contributed by atoms with Gasteiger partial charge in [0.15, 0.2) is 5.13 Å². The van der Waals surface area contributed by atoms with E-state index >= 15 is 0 Å². The molecular formula is C15H13N5OS2. The standard InChI is InChI=1S/C15H13N5OS2/c1-22-11-5-2-4-10(8-11)18-13(21)12-9-23-15(19-12)20-14-16-6-3-7-17-14/h2-9H,1H3,(H,18,21)(H,16,17,19,20). The highest BCUT2D eigenvalue weighted by atomic mass is 32.2. The second-order valence-electron chi connectivity index (χ2n) is 4.42. The van der Waals surface area contributed by atoms with Crippen molar-refractivity contribution in [3.8, 4) is 0 Å². The molecule has 0 saturated heterocycles. The molecule has 3 rings (SSSR count). The number of amides is 1. The van der Waals surface area contributed by atoms with Gasteiger partial charge in [0.25, 0.3) is 5.91 Å². The molecule has 1 amide bonds. The number of carbonyl (C=O) groups excluding carboxylic acids is 1. The summed E-state index contributed by atoms with van der Waals surface area (Å²) in [7, 11) is 0. The maximum Gasteiger partial charge on any atom is 0.275 e. The minimum atomic E-state index is -0.249. The maximum atomic E-state index is 12.2. The largest absolute Gasteiger partial charge is 0.321 e. The van der Waals surface area contributed by atoms with Gasteiger partial charge in [-0.15, -0.1) is 23.1 Å². The van der Waals surface area contributed by atoms with Crippen LogP contribution in [0, 0.1) is 0 Å². The first-order valence-electron chi connectivity index (χ1n) is 6.69. The van der Waals surface area contributed by atoms with Gasteiger partial charge in [-0.05, 0) is 30.5 Å². The first kappa shape index (κ1) is 15.4. The molecule has 3 aromatic rings. The Bertz CT molecular complexity index is 806. The van der Waals surface area contributed by atoms with Crippen molar-refractivity contribution < 1.29 is 4.79 Å². The van der Waals surface area contributed by atoms with E-state index in [9.17, 15) is 4.79 Å². The minimum absolute atomic E-state index is 0.249.